The lowest BCUT2D eigenvalue weighted by molar-refractivity contribution is -0.274. The summed E-state index contributed by atoms with van der Waals surface area (Å²) in [6.07, 6.45) is -4.61. The van der Waals surface area contributed by atoms with Crippen molar-refractivity contribution >= 4 is 29.3 Å². The van der Waals surface area contributed by atoms with Crippen LogP contribution in [0, 0.1) is 0 Å². The molecular formula is C21H22F3N3O4S. The largest absolute Gasteiger partial charge is 0.573 e. The molecule has 1 heterocycles. The Balaban J connectivity index is 1.49. The first-order valence-electron chi connectivity index (χ1n) is 9.66. The van der Waals surface area contributed by atoms with Crippen molar-refractivity contribution in [3.8, 4) is 11.5 Å². The average molecular weight is 469 g/mol. The number of benzene rings is 2. The van der Waals surface area contributed by atoms with E-state index in [0.717, 1.165) is 23.4 Å². The van der Waals surface area contributed by atoms with Gasteiger partial charge in [-0.3, -0.25) is 14.9 Å². The molecular weight excluding hydrogens is 447 g/mol. The molecule has 2 aromatic rings. The molecule has 32 heavy (non-hydrogen) atoms. The topological polar surface area (TPSA) is 88.7 Å². The van der Waals surface area contributed by atoms with Crippen molar-refractivity contribution in [1.82, 2.24) is 10.6 Å². The fourth-order valence-electron chi connectivity index (χ4n) is 3.08. The normalized spacial score (nSPS) is 18.6. The van der Waals surface area contributed by atoms with Crippen LogP contribution in [0.2, 0.25) is 0 Å². The number of methoxy groups -OCH3 is 1. The zero-order valence-electron chi connectivity index (χ0n) is 17.1. The number of hydrogen-bond acceptors (Lipinski definition) is 6. The van der Waals surface area contributed by atoms with Crippen LogP contribution in [0.3, 0.4) is 0 Å². The maximum Gasteiger partial charge on any atom is 0.573 e. The van der Waals surface area contributed by atoms with Gasteiger partial charge in [0.25, 0.3) is 0 Å². The third-order valence-corrected chi connectivity index (χ3v) is 5.55. The van der Waals surface area contributed by atoms with Crippen molar-refractivity contribution in [2.45, 2.75) is 36.5 Å². The van der Waals surface area contributed by atoms with Crippen molar-refractivity contribution in [1.29, 1.82) is 0 Å². The highest BCUT2D eigenvalue weighted by molar-refractivity contribution is 7.99. The Morgan fingerprint density at radius 3 is 2.62 bits per heavy atom. The van der Waals surface area contributed by atoms with Gasteiger partial charge in [-0.2, -0.15) is 0 Å². The van der Waals surface area contributed by atoms with Crippen LogP contribution < -0.4 is 25.4 Å². The van der Waals surface area contributed by atoms with Crippen LogP contribution in [0.1, 0.15) is 18.4 Å². The maximum atomic E-state index is 12.3. The second kappa shape index (κ2) is 10.6. The third kappa shape index (κ3) is 7.65. The third-order valence-electron chi connectivity index (χ3n) is 4.47. The number of carbonyl (C=O) groups excluding carboxylic acids is 2. The predicted octanol–water partition coefficient (Wildman–Crippen LogP) is 3.62. The minimum atomic E-state index is -4.78. The summed E-state index contributed by atoms with van der Waals surface area (Å²) in [5, 5.41) is 8.68. The summed E-state index contributed by atoms with van der Waals surface area (Å²) in [6.45, 7) is 0. The highest BCUT2D eigenvalue weighted by Crippen LogP contribution is 2.25. The Morgan fingerprint density at radius 2 is 1.94 bits per heavy atom. The lowest BCUT2D eigenvalue weighted by Crippen LogP contribution is -2.55. The molecule has 11 heteroatoms. The van der Waals surface area contributed by atoms with Gasteiger partial charge in [0, 0.05) is 30.3 Å². The molecule has 2 atom stereocenters. The number of nitrogens with one attached hydrogen (secondary N) is 3. The van der Waals surface area contributed by atoms with Gasteiger partial charge in [-0.05, 0) is 42.0 Å². The van der Waals surface area contributed by atoms with Crippen molar-refractivity contribution in [2.24, 2.45) is 0 Å². The van der Waals surface area contributed by atoms with Crippen molar-refractivity contribution in [3.05, 3.63) is 54.1 Å². The summed E-state index contributed by atoms with van der Waals surface area (Å²) < 4.78 is 45.7. The number of hydrogen-bond donors (Lipinski definition) is 3. The van der Waals surface area contributed by atoms with E-state index >= 15 is 0 Å². The van der Waals surface area contributed by atoms with E-state index in [1.54, 1.807) is 7.11 Å². The van der Waals surface area contributed by atoms with Gasteiger partial charge in [0.1, 0.15) is 17.0 Å². The Labute approximate surface area is 187 Å². The minimum absolute atomic E-state index is 0.0322. The molecule has 0 bridgehead atoms. The lowest BCUT2D eigenvalue weighted by atomic mass is 10.1. The van der Waals surface area contributed by atoms with Crippen LogP contribution >= 0.6 is 11.8 Å². The first-order valence-corrected chi connectivity index (χ1v) is 10.7. The minimum Gasteiger partial charge on any atom is -0.497 e. The molecule has 2 amide bonds. The quantitative estimate of drug-likeness (QED) is 0.548. The van der Waals surface area contributed by atoms with Gasteiger partial charge in [0.05, 0.1) is 7.11 Å². The zero-order chi connectivity index (χ0) is 23.1. The Kier molecular flexibility index (Phi) is 7.86. The van der Waals surface area contributed by atoms with Crippen molar-refractivity contribution in [2.75, 3.05) is 12.4 Å². The van der Waals surface area contributed by atoms with Gasteiger partial charge in [0.15, 0.2) is 0 Å². The summed E-state index contributed by atoms with van der Waals surface area (Å²) in [5.74, 6) is 0.463. The molecule has 1 saturated heterocycles. The Morgan fingerprint density at radius 1 is 1.19 bits per heavy atom. The standard InChI is InChI=1S/C21H22F3N3O4S/c1-30-17-4-2-3-13(9-17)12-32-20-26-15(11-19(29)27-20)10-18(28)25-14-5-7-16(8-6-14)31-21(22,23)24/h2-9,15,20,26H,10-12H2,1H3,(H,25,28)(H,27,29). The molecule has 1 aliphatic heterocycles. The van der Waals surface area contributed by atoms with Gasteiger partial charge < -0.3 is 20.1 Å². The Bertz CT molecular complexity index is 941. The molecule has 0 aromatic heterocycles. The van der Waals surface area contributed by atoms with Crippen LogP contribution in [0.15, 0.2) is 48.5 Å². The summed E-state index contributed by atoms with van der Waals surface area (Å²) in [5.41, 5.74) is 0.996. The molecule has 2 unspecified atom stereocenters. The summed E-state index contributed by atoms with van der Waals surface area (Å²) in [6, 6.07) is 12.1. The number of carbonyl (C=O) groups is 2. The highest BCUT2D eigenvalue weighted by Gasteiger charge is 2.31. The Hall–Kier alpha value is -2.92. The molecule has 3 N–H and O–H groups in total. The number of halogens is 3. The number of anilines is 1. The SMILES string of the molecule is COc1cccc(CSC2NC(=O)CC(CC(=O)Nc3ccc(OC(F)(F)F)cc3)N2)c1. The second-order valence-corrected chi connectivity index (χ2v) is 8.10. The zero-order valence-corrected chi connectivity index (χ0v) is 17.9. The number of rotatable bonds is 8. The number of thioether (sulfide) groups is 1. The lowest BCUT2D eigenvalue weighted by Gasteiger charge is -2.31. The van der Waals surface area contributed by atoms with E-state index in [0.29, 0.717) is 11.4 Å². The van der Waals surface area contributed by atoms with E-state index in [-0.39, 0.29) is 41.9 Å². The highest BCUT2D eigenvalue weighted by atomic mass is 32.2. The molecule has 0 saturated carbocycles. The van der Waals surface area contributed by atoms with E-state index in [9.17, 15) is 22.8 Å². The predicted molar refractivity (Wildman–Crippen MR) is 114 cm³/mol. The van der Waals surface area contributed by atoms with Crippen molar-refractivity contribution < 1.29 is 32.2 Å². The maximum absolute atomic E-state index is 12.3. The molecule has 172 valence electrons. The van der Waals surface area contributed by atoms with Crippen LogP contribution in [0.5, 0.6) is 11.5 Å². The van der Waals surface area contributed by atoms with Crippen LogP contribution in [-0.4, -0.2) is 36.8 Å². The summed E-state index contributed by atoms with van der Waals surface area (Å²) in [7, 11) is 1.59. The number of ether oxygens (including phenoxy) is 2. The number of alkyl halides is 3. The number of amides is 2. The molecule has 1 fully saturated rings. The van der Waals surface area contributed by atoms with Gasteiger partial charge >= 0.3 is 6.36 Å². The molecule has 0 aliphatic carbocycles. The van der Waals surface area contributed by atoms with E-state index in [1.807, 2.05) is 24.3 Å². The van der Waals surface area contributed by atoms with E-state index < -0.39 is 6.36 Å². The van der Waals surface area contributed by atoms with Crippen LogP contribution in [0.25, 0.3) is 0 Å². The fraction of sp³-hybridized carbons (Fsp3) is 0.333. The van der Waals surface area contributed by atoms with Crippen LogP contribution in [-0.2, 0) is 15.3 Å². The molecule has 2 aromatic carbocycles. The van der Waals surface area contributed by atoms with Gasteiger partial charge in [0.2, 0.25) is 11.8 Å². The molecule has 0 radical (unpaired) electrons. The first-order chi connectivity index (χ1) is 15.2. The second-order valence-electron chi connectivity index (χ2n) is 7.00. The van der Waals surface area contributed by atoms with E-state index in [4.69, 9.17) is 4.74 Å². The first kappa shape index (κ1) is 23.7. The van der Waals surface area contributed by atoms with Crippen LogP contribution in [0.4, 0.5) is 18.9 Å². The summed E-state index contributed by atoms with van der Waals surface area (Å²) in [4.78, 5) is 24.4. The fourth-order valence-corrected chi connectivity index (χ4v) is 4.12. The van der Waals surface area contributed by atoms with Gasteiger partial charge in [-0.15, -0.1) is 24.9 Å². The van der Waals surface area contributed by atoms with Gasteiger partial charge in [-0.25, -0.2) is 0 Å². The summed E-state index contributed by atoms with van der Waals surface area (Å²) >= 11 is 1.48. The van der Waals surface area contributed by atoms with E-state index in [2.05, 4.69) is 20.7 Å². The molecule has 1 aliphatic rings. The average Bonchev–Trinajstić information content (AvgIpc) is 2.72. The molecule has 3 rings (SSSR count). The molecule has 0 spiro atoms. The van der Waals surface area contributed by atoms with E-state index in [1.165, 1.54) is 23.9 Å². The smallest absolute Gasteiger partial charge is 0.497 e. The monoisotopic (exact) mass is 469 g/mol. The van der Waals surface area contributed by atoms with Gasteiger partial charge in [-0.1, -0.05) is 12.1 Å². The van der Waals surface area contributed by atoms with Crippen molar-refractivity contribution in [3.63, 3.8) is 0 Å². The molecule has 7 nitrogen and oxygen atoms in total.